The van der Waals surface area contributed by atoms with Crippen molar-refractivity contribution in [3.8, 4) is 5.75 Å². The SMILES string of the molecule is NC1COc2c(C(=O)Nc3ccc(F)c(Cl)c3)ccc(F)c21. The smallest absolute Gasteiger partial charge is 0.259 e. The normalized spacial score (nSPS) is 16.1. The Morgan fingerprint density at radius 3 is 2.73 bits per heavy atom. The number of nitrogens with one attached hydrogen (secondary N) is 1. The molecule has 0 saturated heterocycles. The first-order chi connectivity index (χ1) is 10.5. The molecule has 7 heteroatoms. The molecule has 0 aliphatic carbocycles. The van der Waals surface area contributed by atoms with Crippen molar-refractivity contribution in [1.82, 2.24) is 0 Å². The summed E-state index contributed by atoms with van der Waals surface area (Å²) >= 11 is 5.66. The van der Waals surface area contributed by atoms with Gasteiger partial charge in [0, 0.05) is 5.69 Å². The van der Waals surface area contributed by atoms with Crippen LogP contribution in [0.3, 0.4) is 0 Å². The Hall–Kier alpha value is -2.18. The largest absolute Gasteiger partial charge is 0.490 e. The summed E-state index contributed by atoms with van der Waals surface area (Å²) in [5.74, 6) is -1.48. The first kappa shape index (κ1) is 14.7. The van der Waals surface area contributed by atoms with Gasteiger partial charge in [-0.1, -0.05) is 11.6 Å². The number of rotatable bonds is 2. The van der Waals surface area contributed by atoms with Gasteiger partial charge in [-0.3, -0.25) is 4.79 Å². The van der Waals surface area contributed by atoms with Gasteiger partial charge in [0.05, 0.1) is 22.2 Å². The van der Waals surface area contributed by atoms with Crippen molar-refractivity contribution in [2.75, 3.05) is 11.9 Å². The van der Waals surface area contributed by atoms with E-state index in [1.165, 1.54) is 24.3 Å². The third-order valence-electron chi connectivity index (χ3n) is 3.34. The number of benzene rings is 2. The minimum Gasteiger partial charge on any atom is -0.490 e. The Morgan fingerprint density at radius 1 is 1.27 bits per heavy atom. The Morgan fingerprint density at radius 2 is 2.00 bits per heavy atom. The summed E-state index contributed by atoms with van der Waals surface area (Å²) in [5.41, 5.74) is 6.41. The van der Waals surface area contributed by atoms with Crippen LogP contribution < -0.4 is 15.8 Å². The van der Waals surface area contributed by atoms with Crippen LogP contribution in [0.1, 0.15) is 22.0 Å². The highest BCUT2D eigenvalue weighted by molar-refractivity contribution is 6.31. The van der Waals surface area contributed by atoms with Crippen LogP contribution in [0.2, 0.25) is 5.02 Å². The number of amides is 1. The lowest BCUT2D eigenvalue weighted by Crippen LogP contribution is -2.14. The fourth-order valence-corrected chi connectivity index (χ4v) is 2.46. The van der Waals surface area contributed by atoms with Crippen LogP contribution >= 0.6 is 11.6 Å². The summed E-state index contributed by atoms with van der Waals surface area (Å²) in [6.45, 7) is 0.110. The molecular formula is C15H11ClF2N2O2. The highest BCUT2D eigenvalue weighted by Crippen LogP contribution is 2.36. The van der Waals surface area contributed by atoms with Gasteiger partial charge in [0.25, 0.3) is 5.91 Å². The molecule has 0 bridgehead atoms. The van der Waals surface area contributed by atoms with Crippen molar-refractivity contribution in [3.05, 3.63) is 58.1 Å². The molecule has 1 unspecified atom stereocenters. The van der Waals surface area contributed by atoms with Crippen LogP contribution in [-0.2, 0) is 0 Å². The topological polar surface area (TPSA) is 64.3 Å². The zero-order valence-corrected chi connectivity index (χ0v) is 12.0. The molecule has 0 saturated carbocycles. The number of fused-ring (bicyclic) bond motifs is 1. The van der Waals surface area contributed by atoms with Gasteiger partial charge in [-0.15, -0.1) is 0 Å². The van der Waals surface area contributed by atoms with E-state index < -0.39 is 23.6 Å². The van der Waals surface area contributed by atoms with Crippen LogP contribution in [0.4, 0.5) is 14.5 Å². The molecule has 0 fully saturated rings. The Labute approximate surface area is 129 Å². The first-order valence-corrected chi connectivity index (χ1v) is 6.82. The van der Waals surface area contributed by atoms with Gasteiger partial charge < -0.3 is 15.8 Å². The third kappa shape index (κ3) is 2.51. The summed E-state index contributed by atoms with van der Waals surface area (Å²) in [6.07, 6.45) is 0. The van der Waals surface area contributed by atoms with E-state index in [1.54, 1.807) is 0 Å². The van der Waals surface area contributed by atoms with Gasteiger partial charge in [0.2, 0.25) is 0 Å². The molecule has 114 valence electrons. The highest BCUT2D eigenvalue weighted by atomic mass is 35.5. The average molecular weight is 325 g/mol. The summed E-state index contributed by atoms with van der Waals surface area (Å²) in [7, 11) is 0. The van der Waals surface area contributed by atoms with Gasteiger partial charge in [-0.25, -0.2) is 8.78 Å². The van der Waals surface area contributed by atoms with Crippen molar-refractivity contribution in [2.45, 2.75) is 6.04 Å². The fraction of sp³-hybridized carbons (Fsp3) is 0.133. The maximum absolute atomic E-state index is 13.8. The monoisotopic (exact) mass is 324 g/mol. The van der Waals surface area contributed by atoms with Crippen LogP contribution in [0.5, 0.6) is 5.75 Å². The van der Waals surface area contributed by atoms with E-state index in [1.807, 2.05) is 0 Å². The predicted octanol–water partition coefficient (Wildman–Crippen LogP) is 3.26. The van der Waals surface area contributed by atoms with Gasteiger partial charge >= 0.3 is 0 Å². The number of hydrogen-bond acceptors (Lipinski definition) is 3. The van der Waals surface area contributed by atoms with E-state index in [9.17, 15) is 13.6 Å². The van der Waals surface area contributed by atoms with Crippen LogP contribution in [-0.4, -0.2) is 12.5 Å². The van der Waals surface area contributed by atoms with Crippen molar-refractivity contribution in [3.63, 3.8) is 0 Å². The first-order valence-electron chi connectivity index (χ1n) is 6.44. The average Bonchev–Trinajstić information content (AvgIpc) is 2.86. The van der Waals surface area contributed by atoms with Crippen LogP contribution in [0.15, 0.2) is 30.3 Å². The zero-order valence-electron chi connectivity index (χ0n) is 11.2. The lowest BCUT2D eigenvalue weighted by molar-refractivity contribution is 0.102. The Bertz CT molecular complexity index is 767. The van der Waals surface area contributed by atoms with Crippen LogP contribution in [0.25, 0.3) is 0 Å². The number of carbonyl (C=O) groups excluding carboxylic acids is 1. The van der Waals surface area contributed by atoms with Crippen molar-refractivity contribution < 1.29 is 18.3 Å². The molecule has 4 nitrogen and oxygen atoms in total. The molecule has 1 heterocycles. The zero-order chi connectivity index (χ0) is 15.9. The van der Waals surface area contributed by atoms with Crippen molar-refractivity contribution in [2.24, 2.45) is 5.73 Å². The summed E-state index contributed by atoms with van der Waals surface area (Å²) in [4.78, 5) is 12.3. The van der Waals surface area contributed by atoms with Crippen molar-refractivity contribution in [1.29, 1.82) is 0 Å². The number of halogens is 3. The number of hydrogen-bond donors (Lipinski definition) is 2. The second-order valence-electron chi connectivity index (χ2n) is 4.84. The molecule has 0 aromatic heterocycles. The molecule has 22 heavy (non-hydrogen) atoms. The molecule has 1 aliphatic heterocycles. The van der Waals surface area contributed by atoms with Crippen molar-refractivity contribution >= 4 is 23.2 Å². The molecule has 2 aromatic rings. The number of ether oxygens (including phenoxy) is 1. The number of anilines is 1. The van der Waals surface area contributed by atoms with E-state index in [2.05, 4.69) is 5.32 Å². The Balaban J connectivity index is 1.92. The molecule has 3 rings (SSSR count). The minimum absolute atomic E-state index is 0.110. The predicted molar refractivity (Wildman–Crippen MR) is 78.2 cm³/mol. The number of carbonyl (C=O) groups is 1. The standard InChI is InChI=1S/C15H11ClF2N2O2/c16-9-5-7(1-3-10(9)17)20-15(21)8-2-4-11(18)13-12(19)6-22-14(8)13/h1-5,12H,6,19H2,(H,20,21). The maximum Gasteiger partial charge on any atom is 0.259 e. The van der Waals surface area contributed by atoms with Gasteiger partial charge in [0.1, 0.15) is 24.0 Å². The molecule has 1 aliphatic rings. The second kappa shape index (κ2) is 5.55. The quantitative estimate of drug-likeness (QED) is 0.891. The molecule has 1 amide bonds. The lowest BCUT2D eigenvalue weighted by Gasteiger charge is -2.10. The minimum atomic E-state index is -0.608. The molecule has 2 aromatic carbocycles. The third-order valence-corrected chi connectivity index (χ3v) is 3.63. The van der Waals surface area contributed by atoms with Crippen LogP contribution in [0, 0.1) is 11.6 Å². The fourth-order valence-electron chi connectivity index (χ4n) is 2.28. The Kier molecular flexibility index (Phi) is 3.72. The molecule has 0 radical (unpaired) electrons. The lowest BCUT2D eigenvalue weighted by atomic mass is 10.0. The molecule has 0 spiro atoms. The summed E-state index contributed by atoms with van der Waals surface area (Å²) in [6, 6.07) is 5.66. The van der Waals surface area contributed by atoms with Gasteiger partial charge in [0.15, 0.2) is 0 Å². The summed E-state index contributed by atoms with van der Waals surface area (Å²) in [5, 5.41) is 2.45. The highest BCUT2D eigenvalue weighted by Gasteiger charge is 2.29. The van der Waals surface area contributed by atoms with E-state index in [0.717, 1.165) is 6.07 Å². The molecule has 3 N–H and O–H groups in total. The summed E-state index contributed by atoms with van der Waals surface area (Å²) < 4.78 is 32.2. The van der Waals surface area contributed by atoms with Gasteiger partial charge in [-0.2, -0.15) is 0 Å². The van der Waals surface area contributed by atoms with E-state index in [0.29, 0.717) is 5.69 Å². The second-order valence-corrected chi connectivity index (χ2v) is 5.25. The molecular weight excluding hydrogens is 314 g/mol. The molecule has 1 atom stereocenters. The van der Waals surface area contributed by atoms with E-state index in [4.69, 9.17) is 22.1 Å². The maximum atomic E-state index is 13.8. The van der Waals surface area contributed by atoms with E-state index >= 15 is 0 Å². The van der Waals surface area contributed by atoms with E-state index in [-0.39, 0.29) is 28.5 Å². The number of nitrogens with two attached hydrogens (primary N) is 1. The van der Waals surface area contributed by atoms with Gasteiger partial charge in [-0.05, 0) is 30.3 Å².